The predicted octanol–water partition coefficient (Wildman–Crippen LogP) is 5.97. The summed E-state index contributed by atoms with van der Waals surface area (Å²) in [6, 6.07) is 24.7. The van der Waals surface area contributed by atoms with Crippen LogP contribution < -0.4 is 19.7 Å². The minimum Gasteiger partial charge on any atom is -0.497 e. The topological polar surface area (TPSA) is 110 Å². The Bertz CT molecular complexity index is 1900. The molecule has 3 aliphatic rings. The average Bonchev–Trinajstić information content (AvgIpc) is 3.79. The van der Waals surface area contributed by atoms with Crippen LogP contribution >= 0.6 is 0 Å². The van der Waals surface area contributed by atoms with Gasteiger partial charge in [-0.2, -0.15) is 0 Å². The van der Waals surface area contributed by atoms with Gasteiger partial charge in [-0.05, 0) is 60.7 Å². The van der Waals surface area contributed by atoms with Crippen molar-refractivity contribution in [2.45, 2.75) is 95.3 Å². The van der Waals surface area contributed by atoms with E-state index >= 15 is 4.79 Å². The molecular weight excluding hydrogens is 671 g/mol. The summed E-state index contributed by atoms with van der Waals surface area (Å²) in [5.41, 5.74) is 3.36. The molecule has 274 valence electrons. The molecule has 2 amide bonds. The fraction of sp³-hybridized carbons (Fsp3) is 0.463. The van der Waals surface area contributed by atoms with Crippen LogP contribution in [-0.4, -0.2) is 66.4 Å². The first-order valence-corrected chi connectivity index (χ1v) is 21.9. The van der Waals surface area contributed by atoms with Gasteiger partial charge in [0.15, 0.2) is 5.60 Å². The van der Waals surface area contributed by atoms with Crippen LogP contribution in [0.2, 0.25) is 18.6 Å². The maximum Gasteiger partial charge on any atom is 0.264 e. The maximum atomic E-state index is 15.2. The second-order valence-corrected chi connectivity index (χ2v) is 19.9. The van der Waals surface area contributed by atoms with Gasteiger partial charge in [-0.25, -0.2) is 0 Å². The van der Waals surface area contributed by atoms with Crippen LogP contribution in [0.15, 0.2) is 79.0 Å². The number of hydrogen-bond donors (Lipinski definition) is 1. The highest BCUT2D eigenvalue weighted by atomic mass is 28.3. The Balaban J connectivity index is 1.23. The zero-order chi connectivity index (χ0) is 36.5. The first-order chi connectivity index (χ1) is 25.2. The highest BCUT2D eigenvalue weighted by molar-refractivity contribution is 6.91. The predicted molar refractivity (Wildman–Crippen MR) is 205 cm³/mol. The second kappa shape index (κ2) is 15.0. The van der Waals surface area contributed by atoms with Crippen LogP contribution in [0.5, 0.6) is 5.75 Å². The first kappa shape index (κ1) is 36.1. The van der Waals surface area contributed by atoms with Gasteiger partial charge in [0.2, 0.25) is 5.91 Å². The van der Waals surface area contributed by atoms with Gasteiger partial charge >= 0.3 is 0 Å². The standard InChI is InChI=1S/C41H51N5O5Si/c1-29-39(52(3,4)34-19-17-33(50-2)18-20-34)37(21-24-44-28-31(22-25-47)42-43-44)51-41(29)35-14-8-9-15-36(35)46(40(41)49)27-30-12-11-13-32(26-30)45-23-10-6-5-7-16-38(45)48/h8-9,11-15,17-20,26,28-29,37,39,47H,5-7,10,16,21-25,27H2,1-4H3/t29-,37+,39-,41+/m1/s1. The van der Waals surface area contributed by atoms with E-state index in [9.17, 15) is 9.90 Å². The Morgan fingerprint density at radius 1 is 1.00 bits per heavy atom. The molecule has 0 saturated carbocycles. The zero-order valence-corrected chi connectivity index (χ0v) is 31.8. The highest BCUT2D eigenvalue weighted by Crippen LogP contribution is 2.60. The number of rotatable bonds is 11. The van der Waals surface area contributed by atoms with E-state index in [1.54, 1.807) is 7.11 Å². The third-order valence-electron chi connectivity index (χ3n) is 11.7. The summed E-state index contributed by atoms with van der Waals surface area (Å²) < 4.78 is 14.6. The molecule has 10 nitrogen and oxygen atoms in total. The molecule has 7 rings (SSSR count). The van der Waals surface area contributed by atoms with Crippen molar-refractivity contribution in [1.82, 2.24) is 15.0 Å². The Morgan fingerprint density at radius 2 is 1.79 bits per heavy atom. The lowest BCUT2D eigenvalue weighted by molar-refractivity contribution is -0.146. The number of carbonyl (C=O) groups is 2. The van der Waals surface area contributed by atoms with Crippen LogP contribution in [0.4, 0.5) is 11.4 Å². The Labute approximate surface area is 307 Å². The van der Waals surface area contributed by atoms with Crippen LogP contribution in [-0.2, 0) is 39.4 Å². The molecule has 1 spiro atoms. The fourth-order valence-electron chi connectivity index (χ4n) is 9.07. The van der Waals surface area contributed by atoms with Gasteiger partial charge in [-0.1, -0.05) is 85.7 Å². The van der Waals surface area contributed by atoms with E-state index in [1.165, 1.54) is 5.19 Å². The van der Waals surface area contributed by atoms with E-state index in [4.69, 9.17) is 9.47 Å². The zero-order valence-electron chi connectivity index (χ0n) is 30.8. The van der Waals surface area contributed by atoms with Gasteiger partial charge < -0.3 is 24.4 Å². The van der Waals surface area contributed by atoms with E-state index in [-0.39, 0.29) is 36.0 Å². The molecule has 0 aliphatic carbocycles. The van der Waals surface area contributed by atoms with Crippen molar-refractivity contribution in [3.8, 4) is 5.75 Å². The smallest absolute Gasteiger partial charge is 0.264 e. The van der Waals surface area contributed by atoms with E-state index in [2.05, 4.69) is 54.6 Å². The van der Waals surface area contributed by atoms with Crippen molar-refractivity contribution in [3.05, 3.63) is 95.8 Å². The average molecular weight is 722 g/mol. The minimum atomic E-state index is -2.30. The van der Waals surface area contributed by atoms with Gasteiger partial charge in [-0.15, -0.1) is 5.10 Å². The molecule has 1 N–H and O–H groups in total. The van der Waals surface area contributed by atoms with Crippen molar-refractivity contribution in [2.75, 3.05) is 30.1 Å². The van der Waals surface area contributed by atoms with Crippen molar-refractivity contribution in [3.63, 3.8) is 0 Å². The number of anilines is 2. The van der Waals surface area contributed by atoms with Gasteiger partial charge in [0.05, 0.1) is 39.2 Å². The lowest BCUT2D eigenvalue weighted by Crippen LogP contribution is -2.51. The Morgan fingerprint density at radius 3 is 2.58 bits per heavy atom. The molecule has 4 atom stereocenters. The molecule has 0 unspecified atom stereocenters. The second-order valence-electron chi connectivity index (χ2n) is 15.2. The monoisotopic (exact) mass is 721 g/mol. The number of carbonyl (C=O) groups excluding carboxylic acids is 2. The normalized spacial score (nSPS) is 23.6. The van der Waals surface area contributed by atoms with Crippen LogP contribution in [0.25, 0.3) is 0 Å². The number of aliphatic hydroxyl groups is 1. The summed E-state index contributed by atoms with van der Waals surface area (Å²) >= 11 is 0. The number of ether oxygens (including phenoxy) is 2. The highest BCUT2D eigenvalue weighted by Gasteiger charge is 2.66. The number of aryl methyl sites for hydroxylation is 1. The molecule has 2 saturated heterocycles. The van der Waals surface area contributed by atoms with Gasteiger partial charge in [-0.3, -0.25) is 14.3 Å². The molecule has 3 aliphatic heterocycles. The number of hydrogen-bond acceptors (Lipinski definition) is 7. The molecule has 4 heterocycles. The van der Waals surface area contributed by atoms with Crippen LogP contribution in [0.1, 0.15) is 62.3 Å². The van der Waals surface area contributed by atoms with Crippen molar-refractivity contribution < 1.29 is 24.2 Å². The van der Waals surface area contributed by atoms with Crippen molar-refractivity contribution in [2.24, 2.45) is 5.92 Å². The summed E-state index contributed by atoms with van der Waals surface area (Å²) in [5.74, 6) is 0.831. The largest absolute Gasteiger partial charge is 0.497 e. The Kier molecular flexibility index (Phi) is 10.4. The number of benzene rings is 3. The van der Waals surface area contributed by atoms with E-state index in [1.807, 2.05) is 69.2 Å². The van der Waals surface area contributed by atoms with Crippen molar-refractivity contribution >= 4 is 36.4 Å². The lowest BCUT2D eigenvalue weighted by atomic mass is 9.82. The van der Waals surface area contributed by atoms with Crippen LogP contribution in [0.3, 0.4) is 0 Å². The first-order valence-electron chi connectivity index (χ1n) is 18.8. The Hall–Kier alpha value is -4.32. The third kappa shape index (κ3) is 6.58. The fourth-order valence-corrected chi connectivity index (χ4v) is 13.1. The van der Waals surface area contributed by atoms with Crippen LogP contribution in [0, 0.1) is 5.92 Å². The molecule has 3 aromatic carbocycles. The quantitative estimate of drug-likeness (QED) is 0.190. The summed E-state index contributed by atoms with van der Waals surface area (Å²) in [6.07, 6.45) is 7.51. The number of amides is 2. The molecular formula is C41H51N5O5Si. The number of fused-ring (bicyclic) bond motifs is 2. The molecule has 0 radical (unpaired) electrons. The van der Waals surface area contributed by atoms with E-state index < -0.39 is 13.7 Å². The van der Waals surface area contributed by atoms with Gasteiger partial charge in [0, 0.05) is 55.9 Å². The van der Waals surface area contributed by atoms with Gasteiger partial charge in [0.1, 0.15) is 5.75 Å². The summed E-state index contributed by atoms with van der Waals surface area (Å²) in [7, 11) is -0.621. The maximum absolute atomic E-state index is 15.2. The van der Waals surface area contributed by atoms with E-state index in [0.29, 0.717) is 32.4 Å². The SMILES string of the molecule is COc1ccc([Si](C)(C)[C@H]2[C@H](CCn3cc(CCO)nn3)O[C@@]3(C(=O)N(Cc4cccc(N5CCCCCCC5=O)c4)c4ccccc43)[C@@H]2C)cc1. The summed E-state index contributed by atoms with van der Waals surface area (Å²) in [6.45, 7) is 8.69. The number of nitrogens with zero attached hydrogens (tertiary/aromatic N) is 5. The molecule has 1 aromatic heterocycles. The van der Waals surface area contributed by atoms with E-state index in [0.717, 1.165) is 66.2 Å². The molecule has 4 aromatic rings. The third-order valence-corrected chi connectivity index (χ3v) is 16.1. The minimum absolute atomic E-state index is 0.0207. The molecule has 2 fully saturated rings. The van der Waals surface area contributed by atoms with Crippen molar-refractivity contribution in [1.29, 1.82) is 0 Å². The molecule has 52 heavy (non-hydrogen) atoms. The number of aliphatic hydroxyl groups excluding tert-OH is 1. The molecule has 11 heteroatoms. The summed E-state index contributed by atoms with van der Waals surface area (Å²) in [4.78, 5) is 32.1. The van der Waals surface area contributed by atoms with Gasteiger partial charge in [0.25, 0.3) is 5.91 Å². The summed E-state index contributed by atoms with van der Waals surface area (Å²) in [5, 5.41) is 19.3. The lowest BCUT2D eigenvalue weighted by Gasteiger charge is -2.37. The number of para-hydroxylation sites is 1. The number of methoxy groups -OCH3 is 1. The number of aromatic nitrogens is 3. The molecule has 0 bridgehead atoms.